The first-order valence-corrected chi connectivity index (χ1v) is 6.13. The number of ether oxygens (including phenoxy) is 1. The van der Waals surface area contributed by atoms with Crippen molar-refractivity contribution in [1.29, 1.82) is 0 Å². The Morgan fingerprint density at radius 1 is 0.773 bits per heavy atom. The van der Waals surface area contributed by atoms with Crippen molar-refractivity contribution in [3.63, 3.8) is 0 Å². The van der Waals surface area contributed by atoms with Crippen molar-refractivity contribution < 1.29 is 31.1 Å². The minimum atomic E-state index is -4.94. The molecular formula is C15H10F6O. The van der Waals surface area contributed by atoms with Gasteiger partial charge in [-0.25, -0.2) is 0 Å². The molecule has 0 aliphatic heterocycles. The molecule has 0 aliphatic carbocycles. The van der Waals surface area contributed by atoms with E-state index in [1.807, 2.05) is 0 Å². The second-order valence-corrected chi connectivity index (χ2v) is 4.48. The number of hydrogen-bond acceptors (Lipinski definition) is 1. The first-order chi connectivity index (χ1) is 10.2. The summed E-state index contributed by atoms with van der Waals surface area (Å²) in [6.45, 7) is -0.171. The minimum Gasteiger partial charge on any atom is -0.488 e. The van der Waals surface area contributed by atoms with Gasteiger partial charge in [-0.05, 0) is 23.8 Å². The van der Waals surface area contributed by atoms with E-state index in [0.717, 1.165) is 0 Å². The van der Waals surface area contributed by atoms with Crippen LogP contribution < -0.4 is 4.74 Å². The van der Waals surface area contributed by atoms with Crippen molar-refractivity contribution in [2.45, 2.75) is 19.0 Å². The van der Waals surface area contributed by atoms with Crippen LogP contribution in [0.2, 0.25) is 0 Å². The molecule has 118 valence electrons. The maximum absolute atomic E-state index is 12.9. The lowest BCUT2D eigenvalue weighted by molar-refractivity contribution is -0.143. The zero-order valence-corrected chi connectivity index (χ0v) is 11.0. The van der Waals surface area contributed by atoms with Gasteiger partial charge >= 0.3 is 12.4 Å². The molecule has 0 unspecified atom stereocenters. The fraction of sp³-hybridized carbons (Fsp3) is 0.200. The first-order valence-electron chi connectivity index (χ1n) is 6.13. The molecule has 0 radical (unpaired) electrons. The highest BCUT2D eigenvalue weighted by Gasteiger charge is 2.38. The minimum absolute atomic E-state index is 0.0559. The van der Waals surface area contributed by atoms with Gasteiger partial charge in [0.25, 0.3) is 0 Å². The van der Waals surface area contributed by atoms with Crippen molar-refractivity contribution in [3.05, 3.63) is 65.2 Å². The zero-order chi connectivity index (χ0) is 16.4. The summed E-state index contributed by atoms with van der Waals surface area (Å²) in [6, 6.07) is 9.66. The summed E-state index contributed by atoms with van der Waals surface area (Å²) in [6.07, 6.45) is -9.79. The fourth-order valence-corrected chi connectivity index (χ4v) is 1.79. The maximum Gasteiger partial charge on any atom is 0.419 e. The van der Waals surface area contributed by atoms with Crippen molar-refractivity contribution >= 4 is 0 Å². The molecular weight excluding hydrogens is 310 g/mol. The Labute approximate surface area is 122 Å². The SMILES string of the molecule is FC(F)(F)c1ccc(OCc2ccccc2)c(C(F)(F)F)c1. The van der Waals surface area contributed by atoms with Crippen LogP contribution >= 0.6 is 0 Å². The van der Waals surface area contributed by atoms with E-state index in [0.29, 0.717) is 17.7 Å². The predicted octanol–water partition coefficient (Wildman–Crippen LogP) is 5.30. The number of hydrogen-bond donors (Lipinski definition) is 0. The van der Waals surface area contributed by atoms with Gasteiger partial charge in [0.1, 0.15) is 12.4 Å². The Bertz CT molecular complexity index is 631. The highest BCUT2D eigenvalue weighted by molar-refractivity contribution is 5.40. The van der Waals surface area contributed by atoms with Crippen LogP contribution in [0.25, 0.3) is 0 Å². The average Bonchev–Trinajstić information content (AvgIpc) is 2.44. The monoisotopic (exact) mass is 320 g/mol. The molecule has 7 heteroatoms. The van der Waals surface area contributed by atoms with E-state index in [2.05, 4.69) is 0 Å². The third-order valence-electron chi connectivity index (χ3n) is 2.85. The Hall–Kier alpha value is -2.18. The van der Waals surface area contributed by atoms with Gasteiger partial charge in [0, 0.05) is 0 Å². The Morgan fingerprint density at radius 2 is 1.41 bits per heavy atom. The van der Waals surface area contributed by atoms with Crippen molar-refractivity contribution in [3.8, 4) is 5.75 Å². The smallest absolute Gasteiger partial charge is 0.419 e. The molecule has 2 aromatic carbocycles. The van der Waals surface area contributed by atoms with E-state index >= 15 is 0 Å². The topological polar surface area (TPSA) is 9.23 Å². The number of rotatable bonds is 3. The van der Waals surface area contributed by atoms with Crippen LogP contribution in [0.5, 0.6) is 5.75 Å². The standard InChI is InChI=1S/C15H10F6O/c16-14(17,18)11-6-7-13(12(8-11)15(19,20)21)22-9-10-4-2-1-3-5-10/h1-8H,9H2. The molecule has 0 aromatic heterocycles. The normalized spacial score (nSPS) is 12.3. The van der Waals surface area contributed by atoms with Gasteiger partial charge < -0.3 is 4.74 Å². The third-order valence-corrected chi connectivity index (χ3v) is 2.85. The largest absolute Gasteiger partial charge is 0.488 e. The summed E-state index contributed by atoms with van der Waals surface area (Å²) < 4.78 is 81.3. The molecule has 0 atom stereocenters. The van der Waals surface area contributed by atoms with Gasteiger partial charge in [-0.2, -0.15) is 26.3 Å². The zero-order valence-electron chi connectivity index (χ0n) is 11.0. The van der Waals surface area contributed by atoms with Crippen LogP contribution in [0, 0.1) is 0 Å². The molecule has 0 heterocycles. The van der Waals surface area contributed by atoms with Gasteiger partial charge in [-0.15, -0.1) is 0 Å². The molecule has 0 amide bonds. The van der Waals surface area contributed by atoms with E-state index in [9.17, 15) is 26.3 Å². The molecule has 22 heavy (non-hydrogen) atoms. The first kappa shape index (κ1) is 16.2. The van der Waals surface area contributed by atoms with Crippen molar-refractivity contribution in [1.82, 2.24) is 0 Å². The quantitative estimate of drug-likeness (QED) is 0.697. The molecule has 0 bridgehead atoms. The van der Waals surface area contributed by atoms with Crippen LogP contribution in [0.4, 0.5) is 26.3 Å². The summed E-state index contributed by atoms with van der Waals surface area (Å²) in [5, 5.41) is 0. The highest BCUT2D eigenvalue weighted by atomic mass is 19.4. The summed E-state index contributed by atoms with van der Waals surface area (Å²) in [4.78, 5) is 0. The molecule has 0 N–H and O–H groups in total. The van der Waals surface area contributed by atoms with Crippen LogP contribution in [-0.4, -0.2) is 0 Å². The predicted molar refractivity (Wildman–Crippen MR) is 67.2 cm³/mol. The molecule has 0 spiro atoms. The number of halogens is 6. The highest BCUT2D eigenvalue weighted by Crippen LogP contribution is 2.40. The Kier molecular flexibility index (Phi) is 4.35. The van der Waals surface area contributed by atoms with Gasteiger partial charge in [-0.1, -0.05) is 30.3 Å². The van der Waals surface area contributed by atoms with Gasteiger partial charge in [-0.3, -0.25) is 0 Å². The fourth-order valence-electron chi connectivity index (χ4n) is 1.79. The van der Waals surface area contributed by atoms with Gasteiger partial charge in [0.2, 0.25) is 0 Å². The Balaban J connectivity index is 2.30. The lowest BCUT2D eigenvalue weighted by Gasteiger charge is -2.16. The van der Waals surface area contributed by atoms with Crippen molar-refractivity contribution in [2.24, 2.45) is 0 Å². The van der Waals surface area contributed by atoms with Gasteiger partial charge in [0.15, 0.2) is 0 Å². The van der Waals surface area contributed by atoms with Crippen LogP contribution in [0.1, 0.15) is 16.7 Å². The molecule has 0 saturated carbocycles. The third kappa shape index (κ3) is 3.93. The summed E-state index contributed by atoms with van der Waals surface area (Å²) in [5.74, 6) is -0.635. The lowest BCUT2D eigenvalue weighted by atomic mass is 10.1. The van der Waals surface area contributed by atoms with Crippen molar-refractivity contribution in [2.75, 3.05) is 0 Å². The van der Waals surface area contributed by atoms with E-state index < -0.39 is 29.2 Å². The molecule has 2 aromatic rings. The van der Waals surface area contributed by atoms with Crippen LogP contribution in [-0.2, 0) is 19.0 Å². The Morgan fingerprint density at radius 3 is 1.95 bits per heavy atom. The van der Waals surface area contributed by atoms with Crippen LogP contribution in [0.15, 0.2) is 48.5 Å². The number of benzene rings is 2. The van der Waals surface area contributed by atoms with E-state index in [4.69, 9.17) is 4.74 Å². The average molecular weight is 320 g/mol. The summed E-state index contributed by atoms with van der Waals surface area (Å²) in [7, 11) is 0. The molecule has 0 saturated heterocycles. The van der Waals surface area contributed by atoms with Crippen LogP contribution in [0.3, 0.4) is 0 Å². The molecule has 0 aliphatic rings. The van der Waals surface area contributed by atoms with E-state index in [-0.39, 0.29) is 12.7 Å². The number of alkyl halides is 6. The molecule has 2 rings (SSSR count). The lowest BCUT2D eigenvalue weighted by Crippen LogP contribution is -2.12. The summed E-state index contributed by atoms with van der Waals surface area (Å²) >= 11 is 0. The van der Waals surface area contributed by atoms with Gasteiger partial charge in [0.05, 0.1) is 11.1 Å². The van der Waals surface area contributed by atoms with E-state index in [1.54, 1.807) is 30.3 Å². The maximum atomic E-state index is 12.9. The second-order valence-electron chi connectivity index (χ2n) is 4.48. The van der Waals surface area contributed by atoms with E-state index in [1.165, 1.54) is 0 Å². The molecule has 0 fully saturated rings. The molecule has 1 nitrogen and oxygen atoms in total. The summed E-state index contributed by atoms with van der Waals surface area (Å²) in [5.41, 5.74) is -2.21. The second kappa shape index (κ2) is 5.90.